The molecule has 0 aliphatic heterocycles. The number of benzene rings is 1. The molecule has 2 aromatic heterocycles. The highest BCUT2D eigenvalue weighted by atomic mass is 35.5. The van der Waals surface area contributed by atoms with Gasteiger partial charge in [0, 0.05) is 12.6 Å². The Hall–Kier alpha value is -2.06. The summed E-state index contributed by atoms with van der Waals surface area (Å²) in [5, 5.41) is 4.10. The SMILES string of the molecule is FC(F)(F)c1cnc(SCc2nc(Cc3ccccc3)no2)c(Cl)c1. The summed E-state index contributed by atoms with van der Waals surface area (Å²) in [6.45, 7) is 0. The summed E-state index contributed by atoms with van der Waals surface area (Å²) in [7, 11) is 0. The van der Waals surface area contributed by atoms with E-state index in [4.69, 9.17) is 16.1 Å². The van der Waals surface area contributed by atoms with Gasteiger partial charge in [0.2, 0.25) is 5.89 Å². The molecule has 4 nitrogen and oxygen atoms in total. The molecular formula is C16H11ClF3N3OS. The maximum atomic E-state index is 12.6. The zero-order valence-corrected chi connectivity index (χ0v) is 14.2. The monoisotopic (exact) mass is 385 g/mol. The second-order valence-electron chi connectivity index (χ2n) is 5.06. The first kappa shape index (κ1) is 17.8. The number of aromatic nitrogens is 3. The summed E-state index contributed by atoms with van der Waals surface area (Å²) in [6.07, 6.45) is -3.18. The molecule has 2 heterocycles. The maximum absolute atomic E-state index is 12.6. The Balaban J connectivity index is 1.63. The van der Waals surface area contributed by atoms with Crippen LogP contribution in [0.1, 0.15) is 22.8 Å². The Bertz CT molecular complexity index is 855. The summed E-state index contributed by atoms with van der Waals surface area (Å²) in [6, 6.07) is 10.5. The zero-order chi connectivity index (χ0) is 17.9. The molecule has 0 N–H and O–H groups in total. The largest absolute Gasteiger partial charge is 0.417 e. The predicted octanol–water partition coefficient (Wildman–Crippen LogP) is 5.02. The molecule has 3 rings (SSSR count). The molecule has 25 heavy (non-hydrogen) atoms. The molecule has 9 heteroatoms. The van der Waals surface area contributed by atoms with E-state index in [1.807, 2.05) is 30.3 Å². The van der Waals surface area contributed by atoms with Gasteiger partial charge in [-0.1, -0.05) is 58.9 Å². The van der Waals surface area contributed by atoms with E-state index in [0.717, 1.165) is 29.6 Å². The fraction of sp³-hybridized carbons (Fsp3) is 0.188. The quantitative estimate of drug-likeness (QED) is 0.577. The van der Waals surface area contributed by atoms with Crippen LogP contribution in [0.15, 0.2) is 52.1 Å². The summed E-state index contributed by atoms with van der Waals surface area (Å²) in [4.78, 5) is 8.01. The van der Waals surface area contributed by atoms with Gasteiger partial charge in [0.05, 0.1) is 16.3 Å². The molecule has 130 valence electrons. The molecule has 0 radical (unpaired) electrons. The van der Waals surface area contributed by atoms with Crippen LogP contribution >= 0.6 is 23.4 Å². The minimum atomic E-state index is -4.47. The van der Waals surface area contributed by atoms with Crippen molar-refractivity contribution < 1.29 is 17.7 Å². The van der Waals surface area contributed by atoms with Crippen LogP contribution in [0.3, 0.4) is 0 Å². The zero-order valence-electron chi connectivity index (χ0n) is 12.6. The maximum Gasteiger partial charge on any atom is 0.417 e. The van der Waals surface area contributed by atoms with Crippen LogP contribution in [0.4, 0.5) is 13.2 Å². The molecule has 0 atom stereocenters. The van der Waals surface area contributed by atoms with Crippen LogP contribution in [0.25, 0.3) is 0 Å². The van der Waals surface area contributed by atoms with Gasteiger partial charge in [0.1, 0.15) is 5.03 Å². The molecule has 0 fully saturated rings. The molecule has 0 aliphatic rings. The van der Waals surface area contributed by atoms with Gasteiger partial charge in [0.25, 0.3) is 0 Å². The van der Waals surface area contributed by atoms with Crippen LogP contribution in [-0.4, -0.2) is 15.1 Å². The lowest BCUT2D eigenvalue weighted by molar-refractivity contribution is -0.137. The Kier molecular flexibility index (Phi) is 5.29. The van der Waals surface area contributed by atoms with Gasteiger partial charge in [-0.05, 0) is 11.6 Å². The number of thioether (sulfide) groups is 1. The number of pyridine rings is 1. The predicted molar refractivity (Wildman–Crippen MR) is 87.4 cm³/mol. The average molecular weight is 386 g/mol. The lowest BCUT2D eigenvalue weighted by atomic mass is 10.1. The number of hydrogen-bond acceptors (Lipinski definition) is 5. The number of halogens is 4. The minimum Gasteiger partial charge on any atom is -0.338 e. The molecule has 0 unspecified atom stereocenters. The van der Waals surface area contributed by atoms with E-state index in [9.17, 15) is 13.2 Å². The molecule has 0 bridgehead atoms. The number of nitrogens with zero attached hydrogens (tertiary/aromatic N) is 3. The van der Waals surface area contributed by atoms with Crippen molar-refractivity contribution in [2.45, 2.75) is 23.4 Å². The minimum absolute atomic E-state index is 0.0659. The highest BCUT2D eigenvalue weighted by molar-refractivity contribution is 7.98. The molecule has 0 amide bonds. The Morgan fingerprint density at radius 3 is 2.60 bits per heavy atom. The van der Waals surface area contributed by atoms with Crippen molar-refractivity contribution in [3.05, 3.63) is 70.5 Å². The number of alkyl halides is 3. The van der Waals surface area contributed by atoms with Crippen molar-refractivity contribution in [2.75, 3.05) is 0 Å². The average Bonchev–Trinajstić information content (AvgIpc) is 3.01. The lowest BCUT2D eigenvalue weighted by Crippen LogP contribution is -2.05. The van der Waals surface area contributed by atoms with Crippen LogP contribution in [-0.2, 0) is 18.3 Å². The van der Waals surface area contributed by atoms with E-state index in [1.54, 1.807) is 0 Å². The van der Waals surface area contributed by atoms with Crippen LogP contribution < -0.4 is 0 Å². The third kappa shape index (κ3) is 4.73. The lowest BCUT2D eigenvalue weighted by Gasteiger charge is -2.08. The first-order chi connectivity index (χ1) is 11.9. The Labute approximate surface area is 150 Å². The fourth-order valence-corrected chi connectivity index (χ4v) is 3.05. The van der Waals surface area contributed by atoms with Crippen molar-refractivity contribution in [3.8, 4) is 0 Å². The van der Waals surface area contributed by atoms with Crippen molar-refractivity contribution in [3.63, 3.8) is 0 Å². The standard InChI is InChI=1S/C16H11ClF3N3OS/c17-12-7-11(16(18,19)20)8-21-15(12)25-9-14-22-13(23-24-14)6-10-4-2-1-3-5-10/h1-5,7-8H,6,9H2. The first-order valence-electron chi connectivity index (χ1n) is 7.13. The summed E-state index contributed by atoms with van der Waals surface area (Å²) >= 11 is 7.00. The van der Waals surface area contributed by atoms with Gasteiger partial charge in [-0.25, -0.2) is 4.98 Å². The second-order valence-corrected chi connectivity index (χ2v) is 6.44. The Morgan fingerprint density at radius 1 is 1.16 bits per heavy atom. The summed E-state index contributed by atoms with van der Waals surface area (Å²) in [5.41, 5.74) is 0.166. The molecule has 0 aliphatic carbocycles. The second kappa shape index (κ2) is 7.45. The van der Waals surface area contributed by atoms with E-state index >= 15 is 0 Å². The Morgan fingerprint density at radius 2 is 1.92 bits per heavy atom. The summed E-state index contributed by atoms with van der Waals surface area (Å²) in [5.74, 6) is 1.15. The van der Waals surface area contributed by atoms with E-state index in [0.29, 0.717) is 18.1 Å². The molecular weight excluding hydrogens is 375 g/mol. The molecule has 0 spiro atoms. The third-order valence-electron chi connectivity index (χ3n) is 3.18. The highest BCUT2D eigenvalue weighted by Gasteiger charge is 2.31. The van der Waals surface area contributed by atoms with Gasteiger partial charge in [-0.3, -0.25) is 0 Å². The van der Waals surface area contributed by atoms with Gasteiger partial charge in [-0.2, -0.15) is 18.2 Å². The third-order valence-corrected chi connectivity index (χ3v) is 4.57. The van der Waals surface area contributed by atoms with Gasteiger partial charge in [-0.15, -0.1) is 0 Å². The molecule has 0 saturated carbocycles. The van der Waals surface area contributed by atoms with Gasteiger partial charge >= 0.3 is 6.18 Å². The molecule has 3 aromatic rings. The summed E-state index contributed by atoms with van der Waals surface area (Å²) < 4.78 is 42.9. The first-order valence-corrected chi connectivity index (χ1v) is 8.49. The smallest absolute Gasteiger partial charge is 0.338 e. The normalized spacial score (nSPS) is 11.7. The fourth-order valence-electron chi connectivity index (χ4n) is 2.02. The van der Waals surface area contributed by atoms with Gasteiger partial charge in [0.15, 0.2) is 5.82 Å². The molecule has 1 aromatic carbocycles. The van der Waals surface area contributed by atoms with Crippen molar-refractivity contribution in [2.24, 2.45) is 0 Å². The van der Waals surface area contributed by atoms with Gasteiger partial charge < -0.3 is 4.52 Å². The van der Waals surface area contributed by atoms with Crippen molar-refractivity contribution >= 4 is 23.4 Å². The number of hydrogen-bond donors (Lipinski definition) is 0. The van der Waals surface area contributed by atoms with Crippen molar-refractivity contribution in [1.29, 1.82) is 0 Å². The molecule has 0 saturated heterocycles. The van der Waals surface area contributed by atoms with E-state index in [-0.39, 0.29) is 15.8 Å². The van der Waals surface area contributed by atoms with Crippen molar-refractivity contribution in [1.82, 2.24) is 15.1 Å². The van der Waals surface area contributed by atoms with Crippen LogP contribution in [0, 0.1) is 0 Å². The van der Waals surface area contributed by atoms with Crippen LogP contribution in [0.2, 0.25) is 5.02 Å². The van der Waals surface area contributed by atoms with E-state index in [2.05, 4.69) is 15.1 Å². The topological polar surface area (TPSA) is 51.8 Å². The van der Waals surface area contributed by atoms with E-state index in [1.165, 1.54) is 0 Å². The number of rotatable bonds is 5. The highest BCUT2D eigenvalue weighted by Crippen LogP contribution is 2.34. The van der Waals surface area contributed by atoms with E-state index < -0.39 is 11.7 Å². The van der Waals surface area contributed by atoms with Crippen LogP contribution in [0.5, 0.6) is 0 Å².